The molecule has 3 aromatic rings. The first-order chi connectivity index (χ1) is 15.5. The molecule has 0 aliphatic heterocycles. The monoisotopic (exact) mass is 496 g/mol. The van der Waals surface area contributed by atoms with E-state index in [9.17, 15) is 9.59 Å². The van der Waals surface area contributed by atoms with Crippen LogP contribution >= 0.6 is 15.9 Å². The minimum Gasteiger partial charge on any atom is -0.490 e. The highest BCUT2D eigenvalue weighted by Gasteiger charge is 2.18. The van der Waals surface area contributed by atoms with Crippen LogP contribution in [0, 0.1) is 0 Å². The van der Waals surface area contributed by atoms with Gasteiger partial charge in [0.05, 0.1) is 23.2 Å². The van der Waals surface area contributed by atoms with Crippen LogP contribution in [0.5, 0.6) is 11.5 Å². The Kier molecular flexibility index (Phi) is 8.45. The van der Waals surface area contributed by atoms with E-state index in [4.69, 9.17) is 14.2 Å². The first-order valence-electron chi connectivity index (χ1n) is 10.5. The van der Waals surface area contributed by atoms with E-state index in [1.165, 1.54) is 0 Å². The van der Waals surface area contributed by atoms with E-state index in [1.807, 2.05) is 56.3 Å². The minimum atomic E-state index is -0.608. The molecule has 32 heavy (non-hydrogen) atoms. The Labute approximate surface area is 196 Å². The topological polar surface area (TPSA) is 61.8 Å². The van der Waals surface area contributed by atoms with E-state index in [1.54, 1.807) is 24.3 Å². The van der Waals surface area contributed by atoms with Gasteiger partial charge >= 0.3 is 5.97 Å². The number of ketones is 1. The van der Waals surface area contributed by atoms with Crippen molar-refractivity contribution in [2.24, 2.45) is 0 Å². The van der Waals surface area contributed by atoms with Crippen molar-refractivity contribution in [3.05, 3.63) is 82.3 Å². The molecule has 0 N–H and O–H groups in total. The van der Waals surface area contributed by atoms with E-state index >= 15 is 0 Å². The second-order valence-corrected chi connectivity index (χ2v) is 7.86. The van der Waals surface area contributed by atoms with Crippen LogP contribution in [-0.2, 0) is 4.74 Å². The molecule has 0 aliphatic rings. The number of halogens is 1. The van der Waals surface area contributed by atoms with Crippen molar-refractivity contribution in [2.75, 3.05) is 19.8 Å². The summed E-state index contributed by atoms with van der Waals surface area (Å²) in [4.78, 5) is 25.1. The number of carbonyl (C=O) groups excluding carboxylic acids is 2. The zero-order valence-electron chi connectivity index (χ0n) is 18.1. The molecule has 3 aromatic carbocycles. The maximum atomic E-state index is 12.6. The molecule has 5 nitrogen and oxygen atoms in total. The van der Waals surface area contributed by atoms with Gasteiger partial charge in [-0.3, -0.25) is 4.79 Å². The van der Waals surface area contributed by atoms with Crippen molar-refractivity contribution in [1.82, 2.24) is 0 Å². The van der Waals surface area contributed by atoms with Gasteiger partial charge in [0.15, 0.2) is 23.9 Å². The second kappa shape index (κ2) is 11.5. The zero-order chi connectivity index (χ0) is 22.9. The molecule has 166 valence electrons. The van der Waals surface area contributed by atoms with Crippen LogP contribution in [-0.4, -0.2) is 31.6 Å². The Morgan fingerprint density at radius 1 is 0.844 bits per heavy atom. The molecular formula is C26H25BrO5. The lowest BCUT2D eigenvalue weighted by atomic mass is 10.0. The van der Waals surface area contributed by atoms with Crippen LogP contribution in [0.3, 0.4) is 0 Å². The SMILES string of the molecule is CCCOc1c(Br)cc(C(=O)OCC(=O)c2ccc(-c3ccccc3)cc2)cc1OCC. The van der Waals surface area contributed by atoms with E-state index in [0.29, 0.717) is 34.7 Å². The van der Waals surface area contributed by atoms with Crippen molar-refractivity contribution >= 4 is 27.7 Å². The van der Waals surface area contributed by atoms with Crippen molar-refractivity contribution in [1.29, 1.82) is 0 Å². The first-order valence-corrected chi connectivity index (χ1v) is 11.3. The summed E-state index contributed by atoms with van der Waals surface area (Å²) in [5, 5.41) is 0. The fourth-order valence-corrected chi connectivity index (χ4v) is 3.63. The molecule has 0 atom stereocenters. The number of benzene rings is 3. The number of Topliss-reactive ketones (excluding diaryl/α,β-unsaturated/α-hetero) is 1. The summed E-state index contributed by atoms with van der Waals surface area (Å²) in [6.07, 6.45) is 0.843. The molecule has 0 aromatic heterocycles. The predicted octanol–water partition coefficient (Wildman–Crippen LogP) is 6.34. The summed E-state index contributed by atoms with van der Waals surface area (Å²) in [6.45, 7) is 4.46. The molecule has 0 unspecified atom stereocenters. The van der Waals surface area contributed by atoms with Gasteiger partial charge in [-0.25, -0.2) is 4.79 Å². The second-order valence-electron chi connectivity index (χ2n) is 7.01. The third-order valence-corrected chi connectivity index (χ3v) is 5.23. The lowest BCUT2D eigenvalue weighted by Crippen LogP contribution is -2.14. The predicted molar refractivity (Wildman–Crippen MR) is 128 cm³/mol. The van der Waals surface area contributed by atoms with Gasteiger partial charge in [0.25, 0.3) is 0 Å². The molecule has 0 aliphatic carbocycles. The molecular weight excluding hydrogens is 472 g/mol. The Bertz CT molecular complexity index is 1060. The van der Waals surface area contributed by atoms with Crippen LogP contribution in [0.15, 0.2) is 71.2 Å². The molecule has 0 saturated carbocycles. The Hall–Kier alpha value is -3.12. The summed E-state index contributed by atoms with van der Waals surface area (Å²) in [6, 6.07) is 20.3. The standard InChI is InChI=1S/C26H25BrO5/c1-3-14-31-25-22(27)15-21(16-24(25)30-4-2)26(29)32-17-23(28)20-12-10-19(11-13-20)18-8-6-5-7-9-18/h5-13,15-16H,3-4,14,17H2,1-2H3. The van der Waals surface area contributed by atoms with E-state index in [2.05, 4.69) is 15.9 Å². The highest BCUT2D eigenvalue weighted by molar-refractivity contribution is 9.10. The molecule has 0 amide bonds. The van der Waals surface area contributed by atoms with Gasteiger partial charge in [0.1, 0.15) is 0 Å². The molecule has 0 saturated heterocycles. The van der Waals surface area contributed by atoms with Crippen molar-refractivity contribution in [2.45, 2.75) is 20.3 Å². The Morgan fingerprint density at radius 2 is 1.53 bits per heavy atom. The maximum absolute atomic E-state index is 12.6. The molecule has 0 spiro atoms. The van der Waals surface area contributed by atoms with Gasteiger partial charge in [-0.2, -0.15) is 0 Å². The van der Waals surface area contributed by atoms with E-state index < -0.39 is 5.97 Å². The fourth-order valence-electron chi connectivity index (χ4n) is 3.07. The fraction of sp³-hybridized carbons (Fsp3) is 0.231. The normalized spacial score (nSPS) is 10.5. The number of hydrogen-bond acceptors (Lipinski definition) is 5. The summed E-state index contributed by atoms with van der Waals surface area (Å²) in [7, 11) is 0. The molecule has 0 bridgehead atoms. The maximum Gasteiger partial charge on any atom is 0.338 e. The molecule has 3 rings (SSSR count). The number of rotatable bonds is 10. The van der Waals surface area contributed by atoms with Crippen LogP contribution in [0.2, 0.25) is 0 Å². The van der Waals surface area contributed by atoms with Gasteiger partial charge in [0, 0.05) is 5.56 Å². The lowest BCUT2D eigenvalue weighted by Gasteiger charge is -2.14. The average Bonchev–Trinajstić information content (AvgIpc) is 2.82. The largest absolute Gasteiger partial charge is 0.490 e. The highest BCUT2D eigenvalue weighted by atomic mass is 79.9. The van der Waals surface area contributed by atoms with Crippen LogP contribution in [0.4, 0.5) is 0 Å². The van der Waals surface area contributed by atoms with Crippen molar-refractivity contribution in [3.63, 3.8) is 0 Å². The van der Waals surface area contributed by atoms with Gasteiger partial charge in [-0.15, -0.1) is 0 Å². The van der Waals surface area contributed by atoms with Crippen molar-refractivity contribution < 1.29 is 23.8 Å². The van der Waals surface area contributed by atoms with E-state index in [-0.39, 0.29) is 18.0 Å². The lowest BCUT2D eigenvalue weighted by molar-refractivity contribution is 0.0474. The number of esters is 1. The number of ether oxygens (including phenoxy) is 3. The van der Waals surface area contributed by atoms with Crippen molar-refractivity contribution in [3.8, 4) is 22.6 Å². The molecule has 0 heterocycles. The number of carbonyl (C=O) groups is 2. The Balaban J connectivity index is 1.66. The first kappa shape index (κ1) is 23.5. The van der Waals surface area contributed by atoms with Gasteiger partial charge in [0.2, 0.25) is 0 Å². The summed E-state index contributed by atoms with van der Waals surface area (Å²) >= 11 is 3.43. The van der Waals surface area contributed by atoms with Crippen LogP contribution < -0.4 is 9.47 Å². The molecule has 0 radical (unpaired) electrons. The zero-order valence-corrected chi connectivity index (χ0v) is 19.7. The third-order valence-electron chi connectivity index (χ3n) is 4.64. The summed E-state index contributed by atoms with van der Waals surface area (Å²) in [5.74, 6) is 0.109. The van der Waals surface area contributed by atoms with Crippen LogP contribution in [0.1, 0.15) is 41.0 Å². The minimum absolute atomic E-state index is 0.273. The highest BCUT2D eigenvalue weighted by Crippen LogP contribution is 2.37. The summed E-state index contributed by atoms with van der Waals surface area (Å²) < 4.78 is 17.2. The van der Waals surface area contributed by atoms with E-state index in [0.717, 1.165) is 17.5 Å². The molecule has 0 fully saturated rings. The smallest absolute Gasteiger partial charge is 0.338 e. The quantitative estimate of drug-likeness (QED) is 0.242. The Morgan fingerprint density at radius 3 is 2.19 bits per heavy atom. The third kappa shape index (κ3) is 5.98. The van der Waals surface area contributed by atoms with Gasteiger partial charge in [-0.05, 0) is 52.5 Å². The van der Waals surface area contributed by atoms with Gasteiger partial charge in [-0.1, -0.05) is 61.5 Å². The average molecular weight is 497 g/mol. The van der Waals surface area contributed by atoms with Gasteiger partial charge < -0.3 is 14.2 Å². The number of hydrogen-bond donors (Lipinski definition) is 0. The summed E-state index contributed by atoms with van der Waals surface area (Å²) in [5.41, 5.74) is 2.84. The molecule has 6 heteroatoms. The van der Waals surface area contributed by atoms with Crippen LogP contribution in [0.25, 0.3) is 11.1 Å².